The van der Waals surface area contributed by atoms with Crippen LogP contribution in [0.4, 0.5) is 5.69 Å². The number of thioether (sulfide) groups is 1. The average Bonchev–Trinajstić information content (AvgIpc) is 3.09. The van der Waals surface area contributed by atoms with Crippen molar-refractivity contribution in [2.45, 2.75) is 11.5 Å². The standard InChI is InChI=1S/C19H18N2O4S2/c1-26-15-8-4-2-6-13(15)20-17(22)10-25-19(23)12-24-11-18-21-14-7-3-5-9-16(14)27-18/h2-9H,10-12H2,1H3,(H,20,22). The Morgan fingerprint density at radius 2 is 1.89 bits per heavy atom. The maximum absolute atomic E-state index is 11.9. The number of amides is 1. The molecule has 1 heterocycles. The molecular formula is C19H18N2O4S2. The second-order valence-corrected chi connectivity index (χ2v) is 7.44. The SMILES string of the molecule is CSc1ccccc1NC(=O)COC(=O)COCc1nc2ccccc2s1. The molecule has 0 aliphatic carbocycles. The van der Waals surface area contributed by atoms with Crippen molar-refractivity contribution in [3.63, 3.8) is 0 Å². The summed E-state index contributed by atoms with van der Waals surface area (Å²) in [6.45, 7) is -0.363. The van der Waals surface area contributed by atoms with Crippen LogP contribution < -0.4 is 5.32 Å². The first-order chi connectivity index (χ1) is 13.2. The van der Waals surface area contributed by atoms with E-state index in [1.807, 2.05) is 48.7 Å². The Bertz CT molecular complexity index is 909. The second kappa shape index (κ2) is 9.50. The Hall–Kier alpha value is -2.42. The number of aromatic nitrogens is 1. The number of fused-ring (bicyclic) bond motifs is 1. The predicted octanol–water partition coefficient (Wildman–Crippen LogP) is 3.72. The number of carbonyl (C=O) groups is 2. The smallest absolute Gasteiger partial charge is 0.332 e. The molecule has 0 spiro atoms. The van der Waals surface area contributed by atoms with Crippen molar-refractivity contribution in [2.24, 2.45) is 0 Å². The van der Waals surface area contributed by atoms with Gasteiger partial charge in [0, 0.05) is 4.90 Å². The number of benzene rings is 2. The summed E-state index contributed by atoms with van der Waals surface area (Å²) in [7, 11) is 0. The fourth-order valence-electron chi connectivity index (χ4n) is 2.33. The summed E-state index contributed by atoms with van der Waals surface area (Å²) in [5.41, 5.74) is 1.60. The van der Waals surface area contributed by atoms with E-state index in [1.165, 1.54) is 23.1 Å². The highest BCUT2D eigenvalue weighted by atomic mass is 32.2. The van der Waals surface area contributed by atoms with Crippen LogP contribution in [-0.2, 0) is 25.7 Å². The number of anilines is 1. The van der Waals surface area contributed by atoms with Crippen LogP contribution >= 0.6 is 23.1 Å². The molecule has 1 N–H and O–H groups in total. The van der Waals surface area contributed by atoms with Gasteiger partial charge in [0.15, 0.2) is 6.61 Å². The molecule has 0 bridgehead atoms. The third-order valence-corrected chi connectivity index (χ3v) is 5.33. The lowest BCUT2D eigenvalue weighted by Crippen LogP contribution is -2.23. The number of nitrogens with zero attached hydrogens (tertiary/aromatic N) is 1. The molecule has 3 rings (SSSR count). The molecule has 2 aromatic carbocycles. The lowest BCUT2D eigenvalue weighted by Gasteiger charge is -2.09. The monoisotopic (exact) mass is 402 g/mol. The normalized spacial score (nSPS) is 10.7. The van der Waals surface area contributed by atoms with Crippen molar-refractivity contribution in [3.05, 3.63) is 53.5 Å². The van der Waals surface area contributed by atoms with Gasteiger partial charge < -0.3 is 14.8 Å². The molecular weight excluding hydrogens is 384 g/mol. The van der Waals surface area contributed by atoms with E-state index in [0.717, 1.165) is 20.1 Å². The van der Waals surface area contributed by atoms with Crippen molar-refractivity contribution >= 4 is 50.9 Å². The Morgan fingerprint density at radius 1 is 1.11 bits per heavy atom. The van der Waals surface area contributed by atoms with E-state index in [1.54, 1.807) is 6.07 Å². The van der Waals surface area contributed by atoms with Gasteiger partial charge in [-0.1, -0.05) is 24.3 Å². The van der Waals surface area contributed by atoms with E-state index in [0.29, 0.717) is 5.69 Å². The molecule has 0 saturated heterocycles. The number of carbonyl (C=O) groups excluding carboxylic acids is 2. The lowest BCUT2D eigenvalue weighted by atomic mass is 10.3. The van der Waals surface area contributed by atoms with Crippen LogP contribution in [-0.4, -0.2) is 36.3 Å². The van der Waals surface area contributed by atoms with Crippen LogP contribution in [0.1, 0.15) is 5.01 Å². The number of para-hydroxylation sites is 2. The topological polar surface area (TPSA) is 77.5 Å². The number of hydrogen-bond acceptors (Lipinski definition) is 7. The maximum atomic E-state index is 11.9. The highest BCUT2D eigenvalue weighted by Crippen LogP contribution is 2.24. The molecule has 140 valence electrons. The minimum absolute atomic E-state index is 0.224. The zero-order valence-corrected chi connectivity index (χ0v) is 16.3. The van der Waals surface area contributed by atoms with Gasteiger partial charge in [-0.15, -0.1) is 23.1 Å². The van der Waals surface area contributed by atoms with Gasteiger partial charge in [-0.05, 0) is 30.5 Å². The fourth-order valence-corrected chi connectivity index (χ4v) is 3.78. The van der Waals surface area contributed by atoms with Crippen LogP contribution in [0.5, 0.6) is 0 Å². The Morgan fingerprint density at radius 3 is 2.70 bits per heavy atom. The molecule has 3 aromatic rings. The van der Waals surface area contributed by atoms with Gasteiger partial charge >= 0.3 is 5.97 Å². The molecule has 0 unspecified atom stereocenters. The molecule has 0 aliphatic rings. The molecule has 0 atom stereocenters. The predicted molar refractivity (Wildman–Crippen MR) is 107 cm³/mol. The average molecular weight is 402 g/mol. The van der Waals surface area contributed by atoms with Crippen LogP contribution in [0.15, 0.2) is 53.4 Å². The zero-order chi connectivity index (χ0) is 19.1. The summed E-state index contributed by atoms with van der Waals surface area (Å²) in [6, 6.07) is 15.2. The highest BCUT2D eigenvalue weighted by molar-refractivity contribution is 7.98. The van der Waals surface area contributed by atoms with Gasteiger partial charge in [-0.2, -0.15) is 0 Å². The first kappa shape index (κ1) is 19.3. The fraction of sp³-hybridized carbons (Fsp3) is 0.211. The molecule has 0 radical (unpaired) electrons. The maximum Gasteiger partial charge on any atom is 0.332 e. The van der Waals surface area contributed by atoms with E-state index >= 15 is 0 Å². The van der Waals surface area contributed by atoms with Gasteiger partial charge in [-0.25, -0.2) is 9.78 Å². The molecule has 0 aliphatic heterocycles. The van der Waals surface area contributed by atoms with E-state index in [-0.39, 0.29) is 19.8 Å². The molecule has 6 nitrogen and oxygen atoms in total. The van der Waals surface area contributed by atoms with Crippen LogP contribution in [0.3, 0.4) is 0 Å². The van der Waals surface area contributed by atoms with Crippen LogP contribution in [0.2, 0.25) is 0 Å². The summed E-state index contributed by atoms with van der Waals surface area (Å²) in [5.74, 6) is -0.986. The second-order valence-electron chi connectivity index (χ2n) is 5.48. The third-order valence-electron chi connectivity index (χ3n) is 3.53. The highest BCUT2D eigenvalue weighted by Gasteiger charge is 2.11. The first-order valence-corrected chi connectivity index (χ1v) is 10.2. The van der Waals surface area contributed by atoms with Crippen molar-refractivity contribution < 1.29 is 19.1 Å². The lowest BCUT2D eigenvalue weighted by molar-refractivity contribution is -0.152. The van der Waals surface area contributed by atoms with Crippen LogP contribution in [0, 0.1) is 0 Å². The molecule has 0 fully saturated rings. The third kappa shape index (κ3) is 5.53. The van der Waals surface area contributed by atoms with E-state index < -0.39 is 11.9 Å². The van der Waals surface area contributed by atoms with Gasteiger partial charge in [0.25, 0.3) is 5.91 Å². The summed E-state index contributed by atoms with van der Waals surface area (Å²) < 4.78 is 11.4. The van der Waals surface area contributed by atoms with E-state index in [9.17, 15) is 9.59 Å². The summed E-state index contributed by atoms with van der Waals surface area (Å²) in [6.07, 6.45) is 1.92. The minimum atomic E-state index is -0.593. The number of esters is 1. The largest absolute Gasteiger partial charge is 0.454 e. The number of rotatable bonds is 8. The molecule has 1 amide bonds. The van der Waals surface area contributed by atoms with E-state index in [2.05, 4.69) is 10.3 Å². The zero-order valence-electron chi connectivity index (χ0n) is 14.6. The van der Waals surface area contributed by atoms with Crippen molar-refractivity contribution in [1.29, 1.82) is 0 Å². The molecule has 1 aromatic heterocycles. The van der Waals surface area contributed by atoms with Crippen molar-refractivity contribution in [3.8, 4) is 0 Å². The quantitative estimate of drug-likeness (QED) is 0.457. The van der Waals surface area contributed by atoms with Gasteiger partial charge in [0.05, 0.1) is 22.5 Å². The minimum Gasteiger partial charge on any atom is -0.454 e. The Kier molecular flexibility index (Phi) is 6.80. The summed E-state index contributed by atoms with van der Waals surface area (Å²) >= 11 is 3.04. The first-order valence-electron chi connectivity index (χ1n) is 8.16. The molecule has 27 heavy (non-hydrogen) atoms. The van der Waals surface area contributed by atoms with Crippen molar-refractivity contribution in [1.82, 2.24) is 4.98 Å². The van der Waals surface area contributed by atoms with Crippen molar-refractivity contribution in [2.75, 3.05) is 24.8 Å². The Labute approximate surface area is 164 Å². The molecule has 0 saturated carbocycles. The van der Waals surface area contributed by atoms with E-state index in [4.69, 9.17) is 9.47 Å². The van der Waals surface area contributed by atoms with Gasteiger partial charge in [-0.3, -0.25) is 4.79 Å². The van der Waals surface area contributed by atoms with Gasteiger partial charge in [0.2, 0.25) is 0 Å². The summed E-state index contributed by atoms with van der Waals surface area (Å²) in [4.78, 5) is 29.0. The number of thiazole rings is 1. The number of hydrogen-bond donors (Lipinski definition) is 1. The van der Waals surface area contributed by atoms with Crippen LogP contribution in [0.25, 0.3) is 10.2 Å². The van der Waals surface area contributed by atoms with Gasteiger partial charge in [0.1, 0.15) is 11.6 Å². The Balaban J connectivity index is 1.39. The summed E-state index contributed by atoms with van der Waals surface area (Å²) in [5, 5.41) is 3.51. The molecule has 8 heteroatoms. The number of nitrogens with one attached hydrogen (secondary N) is 1. The number of ether oxygens (including phenoxy) is 2.